The van der Waals surface area contributed by atoms with Gasteiger partial charge >= 0.3 is 0 Å². The highest BCUT2D eigenvalue weighted by Crippen LogP contribution is 2.25. The molecule has 1 aromatic carbocycles. The lowest BCUT2D eigenvalue weighted by molar-refractivity contribution is 0.214. The smallest absolute Gasteiger partial charge is 0.243 e. The molecule has 0 saturated carbocycles. The summed E-state index contributed by atoms with van der Waals surface area (Å²) in [4.78, 5) is -0.450. The van der Waals surface area contributed by atoms with Gasteiger partial charge in [0, 0.05) is 17.7 Å². The summed E-state index contributed by atoms with van der Waals surface area (Å²) in [6, 6.07) is 2.89. The van der Waals surface area contributed by atoms with Gasteiger partial charge in [0.15, 0.2) is 0 Å². The molecule has 1 aromatic rings. The predicted molar refractivity (Wildman–Crippen MR) is 76.7 cm³/mol. The molecule has 1 unspecified atom stereocenters. The number of halogens is 2. The van der Waals surface area contributed by atoms with Crippen molar-refractivity contribution in [2.75, 3.05) is 6.61 Å². The lowest BCUT2D eigenvalue weighted by atomic mass is 9.86. The third-order valence-corrected chi connectivity index (χ3v) is 4.68. The monoisotopic (exact) mass is 323 g/mol. The molecule has 0 aromatic heterocycles. The molecule has 7 heteroatoms. The molecular formula is C13H19ClFNO3S. The average Bonchev–Trinajstić information content (AvgIpc) is 2.26. The fraction of sp³-hybridized carbons (Fsp3) is 0.538. The van der Waals surface area contributed by atoms with Crippen LogP contribution < -0.4 is 4.72 Å². The van der Waals surface area contributed by atoms with Crippen LogP contribution in [0.2, 0.25) is 5.02 Å². The maximum atomic E-state index is 13.7. The van der Waals surface area contributed by atoms with Crippen LogP contribution in [-0.4, -0.2) is 26.2 Å². The minimum Gasteiger partial charge on any atom is -0.396 e. The van der Waals surface area contributed by atoms with Gasteiger partial charge in [0.1, 0.15) is 10.7 Å². The molecule has 114 valence electrons. The second-order valence-electron chi connectivity index (χ2n) is 5.63. The van der Waals surface area contributed by atoms with E-state index < -0.39 is 32.2 Å². The van der Waals surface area contributed by atoms with E-state index in [9.17, 15) is 12.8 Å². The van der Waals surface area contributed by atoms with Crippen molar-refractivity contribution >= 4 is 21.6 Å². The standard InChI is InChI=1S/C13H19ClFNO3S/c1-13(2,3)12(6-7-17)16-20(18,19)11-5-4-9(14)8-10(11)15/h4-5,8,12,16-17H,6-7H2,1-3H3. The normalized spacial score (nSPS) is 14.3. The van der Waals surface area contributed by atoms with E-state index in [1.807, 2.05) is 20.8 Å². The van der Waals surface area contributed by atoms with Gasteiger partial charge in [0.2, 0.25) is 10.0 Å². The summed E-state index contributed by atoms with van der Waals surface area (Å²) >= 11 is 5.61. The maximum Gasteiger partial charge on any atom is 0.243 e. The van der Waals surface area contributed by atoms with Crippen molar-refractivity contribution in [1.82, 2.24) is 4.72 Å². The lowest BCUT2D eigenvalue weighted by Crippen LogP contribution is -2.44. The van der Waals surface area contributed by atoms with Crippen LogP contribution in [0.25, 0.3) is 0 Å². The van der Waals surface area contributed by atoms with E-state index in [0.29, 0.717) is 0 Å². The fourth-order valence-corrected chi connectivity index (χ4v) is 3.44. The van der Waals surface area contributed by atoms with Crippen LogP contribution in [0.1, 0.15) is 27.2 Å². The SMILES string of the molecule is CC(C)(C)C(CCO)NS(=O)(=O)c1ccc(Cl)cc1F. The Hall–Kier alpha value is -0.690. The zero-order valence-corrected chi connectivity index (χ0v) is 13.2. The fourth-order valence-electron chi connectivity index (χ4n) is 1.74. The van der Waals surface area contributed by atoms with E-state index >= 15 is 0 Å². The molecule has 0 amide bonds. The van der Waals surface area contributed by atoms with Gasteiger partial charge < -0.3 is 5.11 Å². The van der Waals surface area contributed by atoms with E-state index in [4.69, 9.17) is 16.7 Å². The molecule has 0 aliphatic carbocycles. The van der Waals surface area contributed by atoms with Crippen molar-refractivity contribution in [3.05, 3.63) is 29.0 Å². The Balaban J connectivity index is 3.10. The number of nitrogens with one attached hydrogen (secondary N) is 1. The van der Waals surface area contributed by atoms with Crippen LogP contribution in [-0.2, 0) is 10.0 Å². The van der Waals surface area contributed by atoms with Gasteiger partial charge in [-0.15, -0.1) is 0 Å². The van der Waals surface area contributed by atoms with Crippen molar-refractivity contribution < 1.29 is 17.9 Å². The average molecular weight is 324 g/mol. The third-order valence-electron chi connectivity index (χ3n) is 2.94. The first-order valence-electron chi connectivity index (χ1n) is 6.16. The molecule has 0 saturated heterocycles. The zero-order chi connectivity index (χ0) is 15.6. The summed E-state index contributed by atoms with van der Waals surface area (Å²) in [6.45, 7) is 5.36. The summed E-state index contributed by atoms with van der Waals surface area (Å²) in [5.74, 6) is -0.901. The first kappa shape index (κ1) is 17.4. The summed E-state index contributed by atoms with van der Waals surface area (Å²) in [6.07, 6.45) is 0.248. The highest BCUT2D eigenvalue weighted by molar-refractivity contribution is 7.89. The minimum absolute atomic E-state index is 0.129. The highest BCUT2D eigenvalue weighted by Gasteiger charge is 2.30. The van der Waals surface area contributed by atoms with E-state index in [-0.39, 0.29) is 18.1 Å². The zero-order valence-electron chi connectivity index (χ0n) is 11.7. The number of benzene rings is 1. The first-order chi connectivity index (χ1) is 9.08. The Labute approximate surface area is 124 Å². The van der Waals surface area contributed by atoms with Crippen LogP contribution in [0.15, 0.2) is 23.1 Å². The van der Waals surface area contributed by atoms with Crippen LogP contribution in [0.5, 0.6) is 0 Å². The highest BCUT2D eigenvalue weighted by atomic mass is 35.5. The van der Waals surface area contributed by atoms with Gasteiger partial charge in [-0.05, 0) is 30.0 Å². The van der Waals surface area contributed by atoms with Gasteiger partial charge in [-0.2, -0.15) is 0 Å². The quantitative estimate of drug-likeness (QED) is 0.875. The molecule has 1 atom stereocenters. The maximum absolute atomic E-state index is 13.7. The van der Waals surface area contributed by atoms with Gasteiger partial charge in [-0.1, -0.05) is 32.4 Å². The van der Waals surface area contributed by atoms with Crippen molar-refractivity contribution in [3.8, 4) is 0 Å². The summed E-state index contributed by atoms with van der Waals surface area (Å²) in [5.41, 5.74) is -0.404. The number of sulfonamides is 1. The summed E-state index contributed by atoms with van der Waals surface area (Å²) in [5, 5.41) is 9.16. The molecule has 0 aliphatic heterocycles. The largest absolute Gasteiger partial charge is 0.396 e. The number of aliphatic hydroxyl groups excluding tert-OH is 1. The molecule has 2 N–H and O–H groups in total. The Morgan fingerprint density at radius 2 is 2.00 bits per heavy atom. The lowest BCUT2D eigenvalue weighted by Gasteiger charge is -2.30. The van der Waals surface area contributed by atoms with Crippen molar-refractivity contribution in [2.24, 2.45) is 5.41 Å². The van der Waals surface area contributed by atoms with Crippen LogP contribution in [0, 0.1) is 11.2 Å². The van der Waals surface area contributed by atoms with E-state index in [0.717, 1.165) is 12.1 Å². The van der Waals surface area contributed by atoms with E-state index in [1.54, 1.807) is 0 Å². The van der Waals surface area contributed by atoms with Crippen LogP contribution >= 0.6 is 11.6 Å². The molecule has 1 rings (SSSR count). The van der Waals surface area contributed by atoms with Crippen LogP contribution in [0.4, 0.5) is 4.39 Å². The Morgan fingerprint density at radius 3 is 2.45 bits per heavy atom. The molecule has 0 fully saturated rings. The molecule has 0 spiro atoms. The van der Waals surface area contributed by atoms with Gasteiger partial charge in [0.05, 0.1) is 0 Å². The van der Waals surface area contributed by atoms with E-state index in [1.165, 1.54) is 6.07 Å². The minimum atomic E-state index is -4.01. The Bertz CT molecular complexity index is 569. The Kier molecular flexibility index (Phi) is 5.54. The van der Waals surface area contributed by atoms with Gasteiger partial charge in [0.25, 0.3) is 0 Å². The molecular weight excluding hydrogens is 305 g/mol. The molecule has 0 heterocycles. The number of hydrogen-bond donors (Lipinski definition) is 2. The summed E-state index contributed by atoms with van der Waals surface area (Å²) < 4.78 is 40.6. The number of aliphatic hydroxyl groups is 1. The third kappa shape index (κ3) is 4.41. The number of hydrogen-bond acceptors (Lipinski definition) is 3. The number of rotatable bonds is 5. The van der Waals surface area contributed by atoms with Crippen molar-refractivity contribution in [3.63, 3.8) is 0 Å². The van der Waals surface area contributed by atoms with Crippen LogP contribution in [0.3, 0.4) is 0 Å². The molecule has 0 aliphatic rings. The topological polar surface area (TPSA) is 66.4 Å². The van der Waals surface area contributed by atoms with Crippen molar-refractivity contribution in [2.45, 2.75) is 38.1 Å². The molecule has 0 bridgehead atoms. The Morgan fingerprint density at radius 1 is 1.40 bits per heavy atom. The predicted octanol–water partition coefficient (Wildman–Crippen LogP) is 2.55. The second-order valence-corrected chi connectivity index (χ2v) is 7.75. The molecule has 4 nitrogen and oxygen atoms in total. The summed E-state index contributed by atoms with van der Waals surface area (Å²) in [7, 11) is -4.01. The molecule has 20 heavy (non-hydrogen) atoms. The first-order valence-corrected chi connectivity index (χ1v) is 8.02. The molecule has 0 radical (unpaired) electrons. The van der Waals surface area contributed by atoms with E-state index in [2.05, 4.69) is 4.72 Å². The van der Waals surface area contributed by atoms with Gasteiger partial charge in [-0.3, -0.25) is 0 Å². The van der Waals surface area contributed by atoms with Crippen molar-refractivity contribution in [1.29, 1.82) is 0 Å². The second kappa shape index (κ2) is 6.39. The van der Waals surface area contributed by atoms with Gasteiger partial charge in [-0.25, -0.2) is 17.5 Å².